The summed E-state index contributed by atoms with van der Waals surface area (Å²) in [4.78, 5) is -0.0290. The molecule has 0 saturated carbocycles. The fraction of sp³-hybridized carbons (Fsp3) is 0.500. The maximum Gasteiger partial charge on any atom is 0.244 e. The Kier molecular flexibility index (Phi) is 4.89. The van der Waals surface area contributed by atoms with Crippen LogP contribution in [0.3, 0.4) is 0 Å². The number of halogens is 1. The van der Waals surface area contributed by atoms with Crippen molar-refractivity contribution in [2.45, 2.75) is 30.8 Å². The molecule has 1 unspecified atom stereocenters. The van der Waals surface area contributed by atoms with Crippen LogP contribution in [0.4, 0.5) is 0 Å². The van der Waals surface area contributed by atoms with Gasteiger partial charge < -0.3 is 5.11 Å². The normalized spacial score (nSPS) is 19.1. The van der Waals surface area contributed by atoms with Crippen LogP contribution in [-0.4, -0.2) is 37.0 Å². The van der Waals surface area contributed by atoms with Crippen molar-refractivity contribution in [1.29, 1.82) is 5.26 Å². The Morgan fingerprint density at radius 1 is 1.43 bits per heavy atom. The average molecular weight is 329 g/mol. The molecule has 0 aromatic heterocycles. The first-order chi connectivity index (χ1) is 9.86. The van der Waals surface area contributed by atoms with E-state index in [1.165, 1.54) is 22.5 Å². The van der Waals surface area contributed by atoms with E-state index in [1.807, 2.05) is 6.07 Å². The van der Waals surface area contributed by atoms with Gasteiger partial charge in [-0.25, -0.2) is 8.42 Å². The van der Waals surface area contributed by atoms with Gasteiger partial charge in [-0.1, -0.05) is 11.6 Å². The van der Waals surface area contributed by atoms with E-state index in [9.17, 15) is 13.5 Å². The van der Waals surface area contributed by atoms with Crippen molar-refractivity contribution >= 4 is 21.6 Å². The second kappa shape index (κ2) is 6.32. The molecular weight excluding hydrogens is 312 g/mol. The van der Waals surface area contributed by atoms with Crippen LogP contribution in [0, 0.1) is 17.2 Å². The minimum Gasteiger partial charge on any atom is -0.393 e. The van der Waals surface area contributed by atoms with E-state index in [0.29, 0.717) is 25.9 Å². The molecule has 1 aliphatic rings. The Balaban J connectivity index is 2.26. The van der Waals surface area contributed by atoms with Gasteiger partial charge in [0.25, 0.3) is 0 Å². The van der Waals surface area contributed by atoms with E-state index in [4.69, 9.17) is 16.9 Å². The Morgan fingerprint density at radius 3 is 2.57 bits per heavy atom. The second-order valence-electron chi connectivity index (χ2n) is 5.24. The monoisotopic (exact) mass is 328 g/mol. The number of aliphatic hydroxyl groups is 1. The molecule has 0 bridgehead atoms. The van der Waals surface area contributed by atoms with Crippen LogP contribution in [-0.2, 0) is 10.0 Å². The second-order valence-corrected chi connectivity index (χ2v) is 7.55. The van der Waals surface area contributed by atoms with Gasteiger partial charge in [0.05, 0.1) is 22.8 Å². The predicted molar refractivity (Wildman–Crippen MR) is 79.3 cm³/mol. The molecule has 1 N–H and O–H groups in total. The molecule has 1 aromatic rings. The first-order valence-corrected chi connectivity index (χ1v) is 8.56. The minimum absolute atomic E-state index is 0.0290. The van der Waals surface area contributed by atoms with Gasteiger partial charge in [0.15, 0.2) is 0 Å². The molecule has 1 saturated heterocycles. The first kappa shape index (κ1) is 16.2. The van der Waals surface area contributed by atoms with Crippen molar-refractivity contribution in [1.82, 2.24) is 4.31 Å². The summed E-state index contributed by atoms with van der Waals surface area (Å²) in [5, 5.41) is 18.6. The number of aliphatic hydroxyl groups excluding tert-OH is 1. The predicted octanol–water partition coefficient (Wildman–Crippen LogP) is 1.99. The standard InChI is InChI=1S/C14H17ClN2O3S/c1-10(18)12-4-6-17(7-5-12)21(19,20)14-8-11(9-16)2-3-13(14)15/h2-3,8,10,12,18H,4-7H2,1H3. The van der Waals surface area contributed by atoms with Crippen LogP contribution in [0.25, 0.3) is 0 Å². The Morgan fingerprint density at radius 2 is 2.05 bits per heavy atom. The van der Waals surface area contributed by atoms with Gasteiger partial charge in [-0.2, -0.15) is 9.57 Å². The number of nitrogens with zero attached hydrogens (tertiary/aromatic N) is 2. The smallest absolute Gasteiger partial charge is 0.244 e. The van der Waals surface area contributed by atoms with Gasteiger partial charge >= 0.3 is 0 Å². The average Bonchev–Trinajstić information content (AvgIpc) is 2.47. The van der Waals surface area contributed by atoms with Crippen molar-refractivity contribution in [3.63, 3.8) is 0 Å². The molecule has 1 atom stereocenters. The summed E-state index contributed by atoms with van der Waals surface area (Å²) in [6, 6.07) is 6.13. The lowest BCUT2D eigenvalue weighted by Gasteiger charge is -2.32. The summed E-state index contributed by atoms with van der Waals surface area (Å²) in [5.74, 6) is 0.123. The van der Waals surface area contributed by atoms with E-state index < -0.39 is 16.1 Å². The van der Waals surface area contributed by atoms with Gasteiger partial charge in [0, 0.05) is 13.1 Å². The van der Waals surface area contributed by atoms with Gasteiger partial charge in [-0.15, -0.1) is 0 Å². The highest BCUT2D eigenvalue weighted by atomic mass is 35.5. The molecule has 1 aromatic carbocycles. The summed E-state index contributed by atoms with van der Waals surface area (Å²) in [6.07, 6.45) is 0.805. The number of hydrogen-bond acceptors (Lipinski definition) is 4. The number of benzene rings is 1. The molecule has 21 heavy (non-hydrogen) atoms. The van der Waals surface area contributed by atoms with Gasteiger partial charge in [0.1, 0.15) is 4.90 Å². The van der Waals surface area contributed by atoms with E-state index in [0.717, 1.165) is 0 Å². The summed E-state index contributed by atoms with van der Waals surface area (Å²) < 4.78 is 26.6. The molecule has 0 spiro atoms. The van der Waals surface area contributed by atoms with Crippen LogP contribution in [0.2, 0.25) is 5.02 Å². The lowest BCUT2D eigenvalue weighted by atomic mass is 9.93. The lowest BCUT2D eigenvalue weighted by Crippen LogP contribution is -2.40. The molecule has 7 heteroatoms. The Bertz CT molecular complexity index is 659. The highest BCUT2D eigenvalue weighted by Crippen LogP contribution is 2.29. The summed E-state index contributed by atoms with van der Waals surface area (Å²) >= 11 is 5.98. The van der Waals surface area contributed by atoms with Crippen molar-refractivity contribution in [3.05, 3.63) is 28.8 Å². The fourth-order valence-electron chi connectivity index (χ4n) is 2.51. The maximum atomic E-state index is 12.6. The fourth-order valence-corrected chi connectivity index (χ4v) is 4.48. The Labute approximate surface area is 129 Å². The molecule has 2 rings (SSSR count). The van der Waals surface area contributed by atoms with Crippen LogP contribution < -0.4 is 0 Å². The summed E-state index contributed by atoms with van der Waals surface area (Å²) in [7, 11) is -3.71. The molecule has 1 aliphatic heterocycles. The molecular formula is C14H17ClN2O3S. The zero-order valence-electron chi connectivity index (χ0n) is 11.7. The van der Waals surface area contributed by atoms with Gasteiger partial charge in [0.2, 0.25) is 10.0 Å². The Hall–Kier alpha value is -1.13. The number of nitriles is 1. The topological polar surface area (TPSA) is 81.4 Å². The molecule has 0 amide bonds. The van der Waals surface area contributed by atoms with Crippen LogP contribution >= 0.6 is 11.6 Å². The van der Waals surface area contributed by atoms with Crippen LogP contribution in [0.5, 0.6) is 0 Å². The number of sulfonamides is 1. The van der Waals surface area contributed by atoms with Crippen LogP contribution in [0.1, 0.15) is 25.3 Å². The number of hydrogen-bond donors (Lipinski definition) is 1. The zero-order valence-corrected chi connectivity index (χ0v) is 13.2. The third kappa shape index (κ3) is 3.38. The van der Waals surface area contributed by atoms with Gasteiger partial charge in [-0.3, -0.25) is 0 Å². The number of rotatable bonds is 3. The molecule has 1 fully saturated rings. The third-order valence-corrected chi connectivity index (χ3v) is 6.24. The zero-order chi connectivity index (χ0) is 15.6. The molecule has 0 aliphatic carbocycles. The number of piperidine rings is 1. The van der Waals surface area contributed by atoms with Gasteiger partial charge in [-0.05, 0) is 43.9 Å². The molecule has 114 valence electrons. The van der Waals surface area contributed by atoms with Crippen LogP contribution in [0.15, 0.2) is 23.1 Å². The van der Waals surface area contributed by atoms with Crippen molar-refractivity contribution in [2.24, 2.45) is 5.92 Å². The SMILES string of the molecule is CC(O)C1CCN(S(=O)(=O)c2cc(C#N)ccc2Cl)CC1. The summed E-state index contributed by atoms with van der Waals surface area (Å²) in [6.45, 7) is 2.43. The third-order valence-electron chi connectivity index (χ3n) is 3.86. The largest absolute Gasteiger partial charge is 0.393 e. The van der Waals surface area contributed by atoms with E-state index in [-0.39, 0.29) is 21.4 Å². The van der Waals surface area contributed by atoms with Crippen molar-refractivity contribution < 1.29 is 13.5 Å². The van der Waals surface area contributed by atoms with E-state index >= 15 is 0 Å². The van der Waals surface area contributed by atoms with Crippen molar-refractivity contribution in [2.75, 3.05) is 13.1 Å². The minimum atomic E-state index is -3.71. The first-order valence-electron chi connectivity index (χ1n) is 6.74. The highest BCUT2D eigenvalue weighted by molar-refractivity contribution is 7.89. The van der Waals surface area contributed by atoms with E-state index in [1.54, 1.807) is 6.92 Å². The van der Waals surface area contributed by atoms with E-state index in [2.05, 4.69) is 0 Å². The molecule has 5 nitrogen and oxygen atoms in total. The quantitative estimate of drug-likeness (QED) is 0.920. The lowest BCUT2D eigenvalue weighted by molar-refractivity contribution is 0.0912. The highest BCUT2D eigenvalue weighted by Gasteiger charge is 2.32. The summed E-state index contributed by atoms with van der Waals surface area (Å²) in [5.41, 5.74) is 0.261. The maximum absolute atomic E-state index is 12.6. The molecule has 1 heterocycles. The molecule has 0 radical (unpaired) electrons. The van der Waals surface area contributed by atoms with Crippen molar-refractivity contribution in [3.8, 4) is 6.07 Å².